The average Bonchev–Trinajstić information content (AvgIpc) is 2.86. The van der Waals surface area contributed by atoms with Crippen molar-refractivity contribution in [2.75, 3.05) is 5.73 Å². The maximum atomic E-state index is 12.4. The highest BCUT2D eigenvalue weighted by Gasteiger charge is 2.14. The van der Waals surface area contributed by atoms with Crippen molar-refractivity contribution in [3.8, 4) is 0 Å². The Hall–Kier alpha value is -4.59. The first-order valence-electron chi connectivity index (χ1n) is 11.5. The summed E-state index contributed by atoms with van der Waals surface area (Å²) in [7, 11) is 0. The standard InChI is InChI=1S/C15H15NO2.C8H11N.C6H4FNO2/c1-11-6-5-7-12(2)14(11)10-13-8-3-4-9-15(13)16(17)18;1-6-4-3-5-7(2)8(6)9;7-5-3-1-2-4-6(5)8(9)10/h3-9H,10H2,1-2H3;3-5H,9H2,1-2H3;1-4H. The van der Waals surface area contributed by atoms with Gasteiger partial charge in [-0.05, 0) is 61.6 Å². The molecule has 4 aromatic rings. The molecule has 0 radical (unpaired) electrons. The van der Waals surface area contributed by atoms with Crippen LogP contribution in [0, 0.1) is 53.7 Å². The second kappa shape index (κ2) is 13.5. The number of halogens is 1. The summed E-state index contributed by atoms with van der Waals surface area (Å²) < 4.78 is 12.4. The van der Waals surface area contributed by atoms with E-state index >= 15 is 0 Å². The molecule has 0 atom stereocenters. The molecule has 37 heavy (non-hydrogen) atoms. The number of hydrogen-bond acceptors (Lipinski definition) is 5. The van der Waals surface area contributed by atoms with Crippen LogP contribution < -0.4 is 5.73 Å². The van der Waals surface area contributed by atoms with Gasteiger partial charge in [-0.25, -0.2) is 0 Å². The van der Waals surface area contributed by atoms with E-state index in [1.54, 1.807) is 12.1 Å². The van der Waals surface area contributed by atoms with Gasteiger partial charge in [0.25, 0.3) is 5.69 Å². The monoisotopic (exact) mass is 503 g/mol. The third-order valence-corrected chi connectivity index (χ3v) is 5.79. The predicted molar refractivity (Wildman–Crippen MR) is 145 cm³/mol. The van der Waals surface area contributed by atoms with Gasteiger partial charge in [-0.3, -0.25) is 20.2 Å². The molecule has 0 amide bonds. The molecule has 8 heteroatoms. The number of benzene rings is 4. The zero-order valence-corrected chi connectivity index (χ0v) is 21.3. The van der Waals surface area contributed by atoms with Gasteiger partial charge in [-0.15, -0.1) is 0 Å². The van der Waals surface area contributed by atoms with Gasteiger partial charge in [-0.1, -0.05) is 66.7 Å². The highest BCUT2D eigenvalue weighted by atomic mass is 19.1. The molecule has 0 saturated carbocycles. The lowest BCUT2D eigenvalue weighted by atomic mass is 9.95. The fourth-order valence-corrected chi connectivity index (χ4v) is 3.58. The molecule has 192 valence electrons. The number of hydrogen-bond donors (Lipinski definition) is 1. The zero-order chi connectivity index (χ0) is 27.5. The van der Waals surface area contributed by atoms with Crippen LogP contribution in [0.15, 0.2) is 84.9 Å². The normalized spacial score (nSPS) is 9.86. The first-order valence-corrected chi connectivity index (χ1v) is 11.5. The Bertz CT molecular complexity index is 1350. The summed E-state index contributed by atoms with van der Waals surface area (Å²) in [4.78, 5) is 19.9. The molecule has 0 heterocycles. The van der Waals surface area contributed by atoms with E-state index in [0.717, 1.165) is 34.5 Å². The van der Waals surface area contributed by atoms with E-state index in [-0.39, 0.29) is 10.6 Å². The van der Waals surface area contributed by atoms with Crippen LogP contribution >= 0.6 is 0 Å². The summed E-state index contributed by atoms with van der Waals surface area (Å²) in [5.41, 5.74) is 12.9. The zero-order valence-electron chi connectivity index (χ0n) is 21.3. The molecular formula is C29H30FN3O4. The predicted octanol–water partition coefficient (Wildman–Crippen LogP) is 7.42. The summed E-state index contributed by atoms with van der Waals surface area (Å²) in [6.07, 6.45) is 0.607. The Morgan fingerprint density at radius 1 is 0.649 bits per heavy atom. The van der Waals surface area contributed by atoms with Crippen LogP contribution in [0.3, 0.4) is 0 Å². The van der Waals surface area contributed by atoms with Crippen molar-refractivity contribution in [3.05, 3.63) is 144 Å². The minimum absolute atomic E-state index is 0.195. The molecular weight excluding hydrogens is 473 g/mol. The fraction of sp³-hybridized carbons (Fsp3) is 0.172. The van der Waals surface area contributed by atoms with Gasteiger partial charge < -0.3 is 5.73 Å². The topological polar surface area (TPSA) is 112 Å². The lowest BCUT2D eigenvalue weighted by Crippen LogP contribution is -1.99. The van der Waals surface area contributed by atoms with Crippen LogP contribution in [0.1, 0.15) is 33.4 Å². The average molecular weight is 504 g/mol. The summed E-state index contributed by atoms with van der Waals surface area (Å²) in [6.45, 7) is 8.11. The quantitative estimate of drug-likeness (QED) is 0.177. The number of nitro groups is 2. The lowest BCUT2D eigenvalue weighted by Gasteiger charge is -2.09. The van der Waals surface area contributed by atoms with Crippen LogP contribution in [-0.2, 0) is 6.42 Å². The van der Waals surface area contributed by atoms with Gasteiger partial charge in [0.05, 0.1) is 9.85 Å². The number of nitrogens with two attached hydrogens (primary N) is 1. The number of nitrogen functional groups attached to an aromatic ring is 1. The second-order valence-electron chi connectivity index (χ2n) is 8.45. The van der Waals surface area contributed by atoms with Gasteiger partial charge in [0, 0.05) is 29.8 Å². The van der Waals surface area contributed by atoms with Gasteiger partial charge >= 0.3 is 5.69 Å². The summed E-state index contributed by atoms with van der Waals surface area (Å²) in [5, 5.41) is 21.0. The van der Waals surface area contributed by atoms with E-state index in [0.29, 0.717) is 6.42 Å². The van der Waals surface area contributed by atoms with Crippen LogP contribution in [0.2, 0.25) is 0 Å². The fourth-order valence-electron chi connectivity index (χ4n) is 3.58. The smallest absolute Gasteiger partial charge is 0.304 e. The Labute approximate surface area is 215 Å². The molecule has 0 saturated heterocycles. The maximum Gasteiger partial charge on any atom is 0.304 e. The van der Waals surface area contributed by atoms with E-state index in [2.05, 4.69) is 0 Å². The van der Waals surface area contributed by atoms with Crippen molar-refractivity contribution in [3.63, 3.8) is 0 Å². The highest BCUT2D eigenvalue weighted by molar-refractivity contribution is 5.52. The van der Waals surface area contributed by atoms with Crippen molar-refractivity contribution < 1.29 is 14.2 Å². The van der Waals surface area contributed by atoms with E-state index in [1.165, 1.54) is 28.8 Å². The van der Waals surface area contributed by atoms with Crippen molar-refractivity contribution in [2.45, 2.75) is 34.1 Å². The highest BCUT2D eigenvalue weighted by Crippen LogP contribution is 2.24. The Kier molecular flexibility index (Phi) is 10.4. The van der Waals surface area contributed by atoms with Crippen LogP contribution in [0.5, 0.6) is 0 Å². The third kappa shape index (κ3) is 8.24. The molecule has 0 fully saturated rings. The molecule has 0 spiro atoms. The summed E-state index contributed by atoms with van der Waals surface area (Å²) in [6, 6.07) is 24.1. The maximum absolute atomic E-state index is 12.4. The third-order valence-electron chi connectivity index (χ3n) is 5.79. The molecule has 2 N–H and O–H groups in total. The molecule has 4 rings (SSSR count). The Morgan fingerprint density at radius 3 is 1.51 bits per heavy atom. The SMILES string of the molecule is Cc1cccc(C)c1Cc1ccccc1[N+](=O)[O-].Cc1cccc(C)c1N.O=[N+]([O-])c1ccccc1F. The van der Waals surface area contributed by atoms with Crippen LogP contribution in [-0.4, -0.2) is 9.85 Å². The first-order chi connectivity index (χ1) is 17.5. The molecule has 7 nitrogen and oxygen atoms in total. The molecule has 4 aromatic carbocycles. The van der Waals surface area contributed by atoms with E-state index in [9.17, 15) is 24.6 Å². The van der Waals surface area contributed by atoms with Crippen molar-refractivity contribution in [1.29, 1.82) is 0 Å². The molecule has 0 unspecified atom stereocenters. The Balaban J connectivity index is 0.000000214. The first kappa shape index (κ1) is 28.6. The molecule has 0 bridgehead atoms. The summed E-state index contributed by atoms with van der Waals surface area (Å²) in [5.74, 6) is -0.799. The van der Waals surface area contributed by atoms with Crippen LogP contribution in [0.4, 0.5) is 21.5 Å². The number of nitro benzene ring substituents is 2. The van der Waals surface area contributed by atoms with Crippen molar-refractivity contribution in [1.82, 2.24) is 0 Å². The second-order valence-corrected chi connectivity index (χ2v) is 8.45. The number of rotatable bonds is 4. The van der Waals surface area contributed by atoms with E-state index < -0.39 is 16.4 Å². The minimum atomic E-state index is -0.799. The number of para-hydroxylation sites is 3. The number of nitrogens with zero attached hydrogens (tertiary/aromatic N) is 2. The van der Waals surface area contributed by atoms with Gasteiger partial charge in [0.2, 0.25) is 5.82 Å². The summed E-state index contributed by atoms with van der Waals surface area (Å²) >= 11 is 0. The Morgan fingerprint density at radius 2 is 1.08 bits per heavy atom. The van der Waals surface area contributed by atoms with Crippen LogP contribution in [0.25, 0.3) is 0 Å². The molecule has 0 aliphatic rings. The molecule has 0 aliphatic heterocycles. The van der Waals surface area contributed by atoms with E-state index in [1.807, 2.05) is 76.2 Å². The van der Waals surface area contributed by atoms with Gasteiger partial charge in [0.1, 0.15) is 0 Å². The van der Waals surface area contributed by atoms with E-state index in [4.69, 9.17) is 5.73 Å². The number of aryl methyl sites for hydroxylation is 4. The van der Waals surface area contributed by atoms with Crippen molar-refractivity contribution in [2.24, 2.45) is 0 Å². The molecule has 0 aliphatic carbocycles. The van der Waals surface area contributed by atoms with Crippen molar-refractivity contribution >= 4 is 17.1 Å². The molecule has 0 aromatic heterocycles. The minimum Gasteiger partial charge on any atom is -0.398 e. The number of anilines is 1. The van der Waals surface area contributed by atoms with Gasteiger partial charge in [-0.2, -0.15) is 4.39 Å². The lowest BCUT2D eigenvalue weighted by molar-refractivity contribution is -0.387. The van der Waals surface area contributed by atoms with Gasteiger partial charge in [0.15, 0.2) is 0 Å². The largest absolute Gasteiger partial charge is 0.398 e.